The third kappa shape index (κ3) is 4.89. The fraction of sp³-hybridized carbons (Fsp3) is 0.417. The number of hydrogen-bond acceptors (Lipinski definition) is 3. The molecule has 1 amide bonds. The zero-order valence-corrected chi connectivity index (χ0v) is 18.4. The number of nitrogens with zero attached hydrogens (tertiary/aromatic N) is 1. The second kappa shape index (κ2) is 8.48. The molecule has 1 atom stereocenters. The van der Waals surface area contributed by atoms with Crippen molar-refractivity contribution in [1.29, 1.82) is 0 Å². The molecule has 1 aromatic carbocycles. The van der Waals surface area contributed by atoms with Crippen LogP contribution in [-0.4, -0.2) is 34.8 Å². The topological polar surface area (TPSA) is 66.8 Å². The minimum atomic E-state index is -4.89. The van der Waals surface area contributed by atoms with Crippen molar-refractivity contribution < 1.29 is 32.6 Å². The SMILES string of the molecule is CCN1C(=O)CC(C)C2=C1C=C(c1cc(C=CC(=O)O)ccc1OC(F)(F)F)C(C)(C)C2. The zero-order valence-electron chi connectivity index (χ0n) is 18.4. The Morgan fingerprint density at radius 3 is 2.62 bits per heavy atom. The molecular weight excluding hydrogens is 423 g/mol. The number of carboxylic acid groups (broad SMARTS) is 1. The number of alkyl halides is 3. The Morgan fingerprint density at radius 1 is 1.34 bits per heavy atom. The Morgan fingerprint density at radius 2 is 2.03 bits per heavy atom. The van der Waals surface area contributed by atoms with Gasteiger partial charge in [0.15, 0.2) is 0 Å². The summed E-state index contributed by atoms with van der Waals surface area (Å²) in [5, 5.41) is 8.90. The van der Waals surface area contributed by atoms with Gasteiger partial charge in [0.2, 0.25) is 5.91 Å². The molecule has 1 aliphatic carbocycles. The van der Waals surface area contributed by atoms with E-state index in [2.05, 4.69) is 4.74 Å². The highest BCUT2D eigenvalue weighted by molar-refractivity contribution is 5.87. The maximum absolute atomic E-state index is 13.1. The van der Waals surface area contributed by atoms with Crippen molar-refractivity contribution in [2.45, 2.75) is 46.9 Å². The van der Waals surface area contributed by atoms with E-state index in [0.717, 1.165) is 17.3 Å². The molecule has 32 heavy (non-hydrogen) atoms. The van der Waals surface area contributed by atoms with Gasteiger partial charge in [-0.15, -0.1) is 13.2 Å². The predicted octanol–water partition coefficient (Wildman–Crippen LogP) is 5.64. The Hall–Kier alpha value is -3.03. The molecule has 1 aliphatic heterocycles. The maximum Gasteiger partial charge on any atom is 0.573 e. The van der Waals surface area contributed by atoms with E-state index in [-0.39, 0.29) is 23.1 Å². The van der Waals surface area contributed by atoms with Crippen molar-refractivity contribution >= 4 is 23.5 Å². The van der Waals surface area contributed by atoms with Crippen LogP contribution >= 0.6 is 0 Å². The lowest BCUT2D eigenvalue weighted by molar-refractivity contribution is -0.274. The largest absolute Gasteiger partial charge is 0.573 e. The molecule has 1 heterocycles. The fourth-order valence-electron chi connectivity index (χ4n) is 4.43. The summed E-state index contributed by atoms with van der Waals surface area (Å²) in [6.07, 6.45) is 0.129. The summed E-state index contributed by atoms with van der Waals surface area (Å²) >= 11 is 0. The number of likely N-dealkylation sites (N-methyl/N-ethyl adjacent to an activating group) is 1. The minimum absolute atomic E-state index is 0.0148. The monoisotopic (exact) mass is 449 g/mol. The summed E-state index contributed by atoms with van der Waals surface area (Å²) in [6, 6.07) is 4.05. The second-order valence-electron chi connectivity index (χ2n) is 8.75. The van der Waals surface area contributed by atoms with E-state index in [1.807, 2.05) is 27.7 Å². The van der Waals surface area contributed by atoms with Gasteiger partial charge in [0.05, 0.1) is 0 Å². The van der Waals surface area contributed by atoms with E-state index in [1.54, 1.807) is 11.0 Å². The molecule has 0 radical (unpaired) electrons. The number of carboxylic acids is 1. The average molecular weight is 449 g/mol. The number of ether oxygens (including phenoxy) is 1. The first-order valence-corrected chi connectivity index (χ1v) is 10.4. The molecular formula is C24H26F3NO4. The quantitative estimate of drug-likeness (QED) is 0.591. The zero-order chi connectivity index (χ0) is 23.8. The first-order valence-electron chi connectivity index (χ1n) is 10.4. The van der Waals surface area contributed by atoms with Crippen LogP contribution in [-0.2, 0) is 9.59 Å². The number of amides is 1. The van der Waals surface area contributed by atoms with Crippen LogP contribution in [0.5, 0.6) is 5.75 Å². The van der Waals surface area contributed by atoms with Gasteiger partial charge in [0.25, 0.3) is 0 Å². The molecule has 0 aromatic heterocycles. The lowest BCUT2D eigenvalue weighted by Crippen LogP contribution is -2.39. The number of halogens is 3. The molecule has 1 aromatic rings. The van der Waals surface area contributed by atoms with Gasteiger partial charge < -0.3 is 14.7 Å². The van der Waals surface area contributed by atoms with Crippen LogP contribution in [0.3, 0.4) is 0 Å². The van der Waals surface area contributed by atoms with Crippen LogP contribution in [0.15, 0.2) is 41.6 Å². The molecule has 0 saturated heterocycles. The average Bonchev–Trinajstić information content (AvgIpc) is 2.66. The van der Waals surface area contributed by atoms with Gasteiger partial charge in [-0.25, -0.2) is 4.79 Å². The van der Waals surface area contributed by atoms with Gasteiger partial charge in [-0.2, -0.15) is 0 Å². The van der Waals surface area contributed by atoms with Crippen LogP contribution in [0.1, 0.15) is 51.7 Å². The molecule has 0 bridgehead atoms. The molecule has 1 N–H and O–H groups in total. The molecule has 172 valence electrons. The van der Waals surface area contributed by atoms with Crippen LogP contribution in [0, 0.1) is 11.3 Å². The Kier molecular flexibility index (Phi) is 6.26. The highest BCUT2D eigenvalue weighted by Gasteiger charge is 2.40. The minimum Gasteiger partial charge on any atom is -0.478 e. The van der Waals surface area contributed by atoms with Gasteiger partial charge in [0, 0.05) is 30.3 Å². The number of rotatable bonds is 5. The van der Waals surface area contributed by atoms with Gasteiger partial charge in [-0.05, 0) is 65.7 Å². The van der Waals surface area contributed by atoms with Crippen LogP contribution in [0.2, 0.25) is 0 Å². The molecule has 0 fully saturated rings. The first-order chi connectivity index (χ1) is 14.8. The highest BCUT2D eigenvalue weighted by atomic mass is 19.4. The van der Waals surface area contributed by atoms with Crippen molar-refractivity contribution in [2.75, 3.05) is 6.54 Å². The fourth-order valence-corrected chi connectivity index (χ4v) is 4.43. The Bertz CT molecular complexity index is 1030. The molecule has 5 nitrogen and oxygen atoms in total. The van der Waals surface area contributed by atoms with Gasteiger partial charge in [0.1, 0.15) is 5.75 Å². The van der Waals surface area contributed by atoms with E-state index in [4.69, 9.17) is 5.11 Å². The highest BCUT2D eigenvalue weighted by Crippen LogP contribution is 2.51. The van der Waals surface area contributed by atoms with Crippen molar-refractivity contribution in [3.8, 4) is 5.75 Å². The lowest BCUT2D eigenvalue weighted by atomic mass is 9.68. The summed E-state index contributed by atoms with van der Waals surface area (Å²) in [4.78, 5) is 25.1. The third-order valence-corrected chi connectivity index (χ3v) is 5.89. The maximum atomic E-state index is 13.1. The molecule has 1 unspecified atom stereocenters. The molecule has 0 saturated carbocycles. The summed E-state index contributed by atoms with van der Waals surface area (Å²) < 4.78 is 43.7. The van der Waals surface area contributed by atoms with Gasteiger partial charge in [-0.3, -0.25) is 4.79 Å². The van der Waals surface area contributed by atoms with Crippen molar-refractivity contribution in [3.05, 3.63) is 52.7 Å². The summed E-state index contributed by atoms with van der Waals surface area (Å²) in [5.41, 5.74) is 2.55. The molecule has 3 rings (SSSR count). The first kappa shape index (κ1) is 23.6. The molecule has 0 spiro atoms. The van der Waals surface area contributed by atoms with Gasteiger partial charge in [-0.1, -0.05) is 26.8 Å². The normalized spacial score (nSPS) is 21.0. The number of benzene rings is 1. The van der Waals surface area contributed by atoms with E-state index in [0.29, 0.717) is 30.5 Å². The number of aliphatic carboxylic acids is 1. The lowest BCUT2D eigenvalue weighted by Gasteiger charge is -2.42. The van der Waals surface area contributed by atoms with Crippen molar-refractivity contribution in [1.82, 2.24) is 4.90 Å². The van der Waals surface area contributed by atoms with E-state index in [9.17, 15) is 22.8 Å². The van der Waals surface area contributed by atoms with Crippen LogP contribution in [0.25, 0.3) is 11.6 Å². The number of allylic oxidation sites excluding steroid dienone is 3. The van der Waals surface area contributed by atoms with Crippen LogP contribution in [0.4, 0.5) is 13.2 Å². The smallest absolute Gasteiger partial charge is 0.478 e. The standard InChI is InChI=1S/C24H26F3NO4/c1-5-28-19-12-18(23(3,4)13-17(19)14(2)10-21(28)29)16-11-15(7-9-22(30)31)6-8-20(16)32-24(25,26)27/h6-9,11-12,14H,5,10,13H2,1-4H3,(H,30,31). The molecule has 8 heteroatoms. The predicted molar refractivity (Wildman–Crippen MR) is 114 cm³/mol. The van der Waals surface area contributed by atoms with Crippen molar-refractivity contribution in [3.63, 3.8) is 0 Å². The van der Waals surface area contributed by atoms with E-state index >= 15 is 0 Å². The second-order valence-corrected chi connectivity index (χ2v) is 8.75. The number of carbonyl (C=O) groups is 2. The third-order valence-electron chi connectivity index (χ3n) is 5.89. The van der Waals surface area contributed by atoms with E-state index in [1.165, 1.54) is 24.3 Å². The van der Waals surface area contributed by atoms with E-state index < -0.39 is 17.7 Å². The summed E-state index contributed by atoms with van der Waals surface area (Å²) in [5.74, 6) is -1.50. The Labute approximate surface area is 184 Å². The molecule has 2 aliphatic rings. The van der Waals surface area contributed by atoms with Gasteiger partial charge >= 0.3 is 12.3 Å². The van der Waals surface area contributed by atoms with Crippen molar-refractivity contribution in [2.24, 2.45) is 11.3 Å². The summed E-state index contributed by atoms with van der Waals surface area (Å²) in [6.45, 7) is 8.20. The van der Waals surface area contributed by atoms with Crippen LogP contribution < -0.4 is 4.74 Å². The number of hydrogen-bond donors (Lipinski definition) is 1. The summed E-state index contributed by atoms with van der Waals surface area (Å²) in [7, 11) is 0. The Balaban J connectivity index is 2.22. The number of carbonyl (C=O) groups excluding carboxylic acids is 1.